The Kier molecular flexibility index (Phi) is 6.51. The molecule has 2 amide bonds. The number of hydrogen-bond acceptors (Lipinski definition) is 4. The third-order valence-corrected chi connectivity index (χ3v) is 6.78. The third-order valence-electron chi connectivity index (χ3n) is 6.78. The summed E-state index contributed by atoms with van der Waals surface area (Å²) in [5.74, 6) is -1.20. The van der Waals surface area contributed by atoms with E-state index < -0.39 is 11.8 Å². The lowest BCUT2D eigenvalue weighted by Gasteiger charge is -2.28. The van der Waals surface area contributed by atoms with Crippen LogP contribution in [0.25, 0.3) is 0 Å². The van der Waals surface area contributed by atoms with Gasteiger partial charge in [-0.05, 0) is 81.4 Å². The first kappa shape index (κ1) is 22.3. The van der Waals surface area contributed by atoms with Gasteiger partial charge in [0.25, 0.3) is 0 Å². The second-order valence-electron chi connectivity index (χ2n) is 9.26. The summed E-state index contributed by atoms with van der Waals surface area (Å²) < 4.78 is 0. The van der Waals surface area contributed by atoms with Gasteiger partial charge in [-0.2, -0.15) is 0 Å². The van der Waals surface area contributed by atoms with Crippen LogP contribution in [-0.4, -0.2) is 49.9 Å². The second kappa shape index (κ2) is 9.33. The van der Waals surface area contributed by atoms with E-state index in [0.29, 0.717) is 6.54 Å². The Morgan fingerprint density at radius 2 is 1.66 bits per heavy atom. The standard InChI is InChI=1S/C26H34N4O2/c1-17-13-18(2)24(19(3)14-17)28-26(32)25(31)27-16-23(30-10-5-6-11-30)20-7-8-22-21(15-20)9-12-29(22)4/h7-8,13-15,23H,5-6,9-12,16H2,1-4H3,(H,27,31)(H,28,32)/t23-/m0/s1. The molecule has 0 saturated carbocycles. The van der Waals surface area contributed by atoms with Crippen LogP contribution in [0.4, 0.5) is 11.4 Å². The van der Waals surface area contributed by atoms with Gasteiger partial charge in [0.1, 0.15) is 0 Å². The lowest BCUT2D eigenvalue weighted by Crippen LogP contribution is -2.41. The van der Waals surface area contributed by atoms with Crippen LogP contribution in [0.5, 0.6) is 0 Å². The Bertz CT molecular complexity index is 1000. The van der Waals surface area contributed by atoms with Gasteiger partial charge in [0.2, 0.25) is 0 Å². The summed E-state index contributed by atoms with van der Waals surface area (Å²) in [5, 5.41) is 5.71. The maximum Gasteiger partial charge on any atom is 0.313 e. The van der Waals surface area contributed by atoms with Crippen LogP contribution in [0.15, 0.2) is 30.3 Å². The zero-order valence-electron chi connectivity index (χ0n) is 19.6. The van der Waals surface area contributed by atoms with Crippen LogP contribution in [0.2, 0.25) is 0 Å². The average Bonchev–Trinajstić information content (AvgIpc) is 3.41. The molecule has 2 heterocycles. The van der Waals surface area contributed by atoms with Crippen molar-refractivity contribution in [2.45, 2.75) is 46.1 Å². The van der Waals surface area contributed by atoms with Crippen molar-refractivity contribution in [3.05, 3.63) is 58.1 Å². The number of amides is 2. The molecule has 2 aliphatic heterocycles. The van der Waals surface area contributed by atoms with Gasteiger partial charge in [-0.25, -0.2) is 0 Å². The highest BCUT2D eigenvalue weighted by atomic mass is 16.2. The summed E-state index contributed by atoms with van der Waals surface area (Å²) in [4.78, 5) is 30.0. The number of nitrogens with one attached hydrogen (secondary N) is 2. The first-order valence-electron chi connectivity index (χ1n) is 11.6. The molecule has 2 aromatic carbocycles. The first-order valence-corrected chi connectivity index (χ1v) is 11.6. The van der Waals surface area contributed by atoms with Crippen LogP contribution < -0.4 is 15.5 Å². The molecule has 1 saturated heterocycles. The maximum atomic E-state index is 12.7. The number of aryl methyl sites for hydroxylation is 3. The zero-order valence-corrected chi connectivity index (χ0v) is 19.6. The van der Waals surface area contributed by atoms with E-state index in [2.05, 4.69) is 45.7 Å². The number of likely N-dealkylation sites (N-methyl/N-ethyl adjacent to an activating group) is 1. The zero-order chi connectivity index (χ0) is 22.8. The minimum atomic E-state index is -0.615. The smallest absolute Gasteiger partial charge is 0.313 e. The van der Waals surface area contributed by atoms with Gasteiger partial charge in [0.15, 0.2) is 0 Å². The molecule has 170 valence electrons. The molecule has 4 rings (SSSR count). The normalized spacial score (nSPS) is 16.7. The van der Waals surface area contributed by atoms with E-state index in [4.69, 9.17) is 0 Å². The molecular weight excluding hydrogens is 400 g/mol. The fraction of sp³-hybridized carbons (Fsp3) is 0.462. The Morgan fingerprint density at radius 3 is 2.34 bits per heavy atom. The molecule has 32 heavy (non-hydrogen) atoms. The minimum Gasteiger partial charge on any atom is -0.374 e. The molecule has 2 aliphatic rings. The molecule has 2 aromatic rings. The van der Waals surface area contributed by atoms with Gasteiger partial charge in [0, 0.05) is 31.5 Å². The van der Waals surface area contributed by atoms with E-state index in [1.807, 2.05) is 32.9 Å². The van der Waals surface area contributed by atoms with E-state index in [1.54, 1.807) is 0 Å². The van der Waals surface area contributed by atoms with Crippen molar-refractivity contribution in [3.8, 4) is 0 Å². The van der Waals surface area contributed by atoms with E-state index in [-0.39, 0.29) is 6.04 Å². The number of hydrogen-bond donors (Lipinski definition) is 2. The Labute approximate surface area is 191 Å². The highest BCUT2D eigenvalue weighted by molar-refractivity contribution is 6.39. The van der Waals surface area contributed by atoms with Gasteiger partial charge in [-0.1, -0.05) is 29.8 Å². The summed E-state index contributed by atoms with van der Waals surface area (Å²) >= 11 is 0. The van der Waals surface area contributed by atoms with Gasteiger partial charge in [-0.3, -0.25) is 14.5 Å². The summed E-state index contributed by atoms with van der Waals surface area (Å²) in [6, 6.07) is 10.7. The second-order valence-corrected chi connectivity index (χ2v) is 9.26. The molecule has 0 aromatic heterocycles. The van der Waals surface area contributed by atoms with Crippen molar-refractivity contribution < 1.29 is 9.59 Å². The predicted octanol–water partition coefficient (Wildman–Crippen LogP) is 3.50. The van der Waals surface area contributed by atoms with Gasteiger partial charge in [0.05, 0.1) is 6.04 Å². The fourth-order valence-corrected chi connectivity index (χ4v) is 5.12. The Balaban J connectivity index is 1.45. The van der Waals surface area contributed by atoms with Crippen molar-refractivity contribution in [2.75, 3.05) is 43.4 Å². The summed E-state index contributed by atoms with van der Waals surface area (Å²) in [6.45, 7) is 9.42. The van der Waals surface area contributed by atoms with Crippen molar-refractivity contribution >= 4 is 23.2 Å². The minimum absolute atomic E-state index is 0.0771. The molecule has 0 radical (unpaired) electrons. The molecule has 1 fully saturated rings. The number of carbonyl (C=O) groups excluding carboxylic acids is 2. The van der Waals surface area contributed by atoms with Crippen molar-refractivity contribution in [1.82, 2.24) is 10.2 Å². The number of benzene rings is 2. The summed E-state index contributed by atoms with van der Waals surface area (Å²) in [5.41, 5.74) is 7.64. The van der Waals surface area contributed by atoms with Gasteiger partial charge < -0.3 is 15.5 Å². The largest absolute Gasteiger partial charge is 0.374 e. The summed E-state index contributed by atoms with van der Waals surface area (Å²) in [7, 11) is 2.12. The van der Waals surface area contributed by atoms with Crippen LogP contribution in [-0.2, 0) is 16.0 Å². The monoisotopic (exact) mass is 434 g/mol. The highest BCUT2D eigenvalue weighted by Crippen LogP contribution is 2.32. The predicted molar refractivity (Wildman–Crippen MR) is 129 cm³/mol. The van der Waals surface area contributed by atoms with Gasteiger partial charge in [-0.15, -0.1) is 0 Å². The maximum absolute atomic E-state index is 12.7. The van der Waals surface area contributed by atoms with Crippen LogP contribution in [0, 0.1) is 20.8 Å². The topological polar surface area (TPSA) is 64.7 Å². The molecule has 2 N–H and O–H groups in total. The van der Waals surface area contributed by atoms with Crippen molar-refractivity contribution in [1.29, 1.82) is 0 Å². The lowest BCUT2D eigenvalue weighted by molar-refractivity contribution is -0.136. The molecule has 0 unspecified atom stereocenters. The summed E-state index contributed by atoms with van der Waals surface area (Å²) in [6.07, 6.45) is 3.39. The number of anilines is 2. The molecule has 0 spiro atoms. The number of rotatable bonds is 5. The third kappa shape index (κ3) is 4.65. The highest BCUT2D eigenvalue weighted by Gasteiger charge is 2.27. The molecular formula is C26H34N4O2. The molecule has 6 nitrogen and oxygen atoms in total. The van der Waals surface area contributed by atoms with Crippen LogP contribution in [0.1, 0.15) is 46.7 Å². The van der Waals surface area contributed by atoms with Crippen LogP contribution >= 0.6 is 0 Å². The van der Waals surface area contributed by atoms with Crippen molar-refractivity contribution in [3.63, 3.8) is 0 Å². The quantitative estimate of drug-likeness (QED) is 0.707. The van der Waals surface area contributed by atoms with Crippen LogP contribution in [0.3, 0.4) is 0 Å². The Morgan fingerprint density at radius 1 is 0.969 bits per heavy atom. The number of likely N-dealkylation sites (tertiary alicyclic amines) is 1. The number of carbonyl (C=O) groups is 2. The molecule has 6 heteroatoms. The van der Waals surface area contributed by atoms with E-state index in [1.165, 1.54) is 29.7 Å². The molecule has 0 aliphatic carbocycles. The van der Waals surface area contributed by atoms with Gasteiger partial charge >= 0.3 is 11.8 Å². The lowest BCUT2D eigenvalue weighted by atomic mass is 10.0. The Hall–Kier alpha value is -2.86. The SMILES string of the molecule is Cc1cc(C)c(NC(=O)C(=O)NC[C@@H](c2ccc3c(c2)CCN3C)N2CCCC2)c(C)c1. The van der Waals surface area contributed by atoms with Crippen molar-refractivity contribution in [2.24, 2.45) is 0 Å². The van der Waals surface area contributed by atoms with E-state index in [9.17, 15) is 9.59 Å². The average molecular weight is 435 g/mol. The van der Waals surface area contributed by atoms with E-state index >= 15 is 0 Å². The molecule has 0 bridgehead atoms. The number of nitrogens with zero attached hydrogens (tertiary/aromatic N) is 2. The van der Waals surface area contributed by atoms with E-state index in [0.717, 1.165) is 48.4 Å². The molecule has 1 atom stereocenters. The fourth-order valence-electron chi connectivity index (χ4n) is 5.12. The first-order chi connectivity index (χ1) is 15.3. The number of fused-ring (bicyclic) bond motifs is 1.